The highest BCUT2D eigenvalue weighted by Crippen LogP contribution is 2.14. The number of halogens is 3. The van der Waals surface area contributed by atoms with Crippen molar-refractivity contribution in [2.45, 2.75) is 32.5 Å². The number of hydrogen-bond donors (Lipinski definition) is 2. The molecule has 134 valence electrons. The first-order valence-corrected chi connectivity index (χ1v) is 6.88. The van der Waals surface area contributed by atoms with Crippen molar-refractivity contribution >= 4 is 18.0 Å². The molecule has 2 N–H and O–H groups in total. The van der Waals surface area contributed by atoms with Crippen molar-refractivity contribution in [1.29, 1.82) is 0 Å². The molecule has 0 fully saturated rings. The quantitative estimate of drug-likeness (QED) is 0.488. The van der Waals surface area contributed by atoms with Crippen molar-refractivity contribution in [3.8, 4) is 0 Å². The third kappa shape index (κ3) is 7.11. The third-order valence-electron chi connectivity index (χ3n) is 2.25. The molecule has 2 amide bonds. The van der Waals surface area contributed by atoms with E-state index >= 15 is 0 Å². The van der Waals surface area contributed by atoms with Crippen LogP contribution >= 0.6 is 0 Å². The SMILES string of the molecule is CC(C)(C)OC(=O)NCCN=C(NC(=O)C(F)(F)F)n1cccn1. The van der Waals surface area contributed by atoms with E-state index in [0.29, 0.717) is 0 Å². The van der Waals surface area contributed by atoms with E-state index in [2.05, 4.69) is 15.4 Å². The van der Waals surface area contributed by atoms with Crippen LogP contribution < -0.4 is 10.6 Å². The van der Waals surface area contributed by atoms with Crippen LogP contribution in [0, 0.1) is 0 Å². The summed E-state index contributed by atoms with van der Waals surface area (Å²) >= 11 is 0. The van der Waals surface area contributed by atoms with Gasteiger partial charge < -0.3 is 10.1 Å². The second kappa shape index (κ2) is 7.79. The van der Waals surface area contributed by atoms with Crippen molar-refractivity contribution in [3.63, 3.8) is 0 Å². The van der Waals surface area contributed by atoms with Crippen molar-refractivity contribution in [3.05, 3.63) is 18.5 Å². The number of aliphatic imine (C=N–C) groups is 1. The molecule has 1 aromatic rings. The van der Waals surface area contributed by atoms with Gasteiger partial charge in [0.15, 0.2) is 0 Å². The van der Waals surface area contributed by atoms with Gasteiger partial charge in [-0.15, -0.1) is 0 Å². The van der Waals surface area contributed by atoms with Crippen molar-refractivity contribution in [2.24, 2.45) is 4.99 Å². The van der Waals surface area contributed by atoms with E-state index in [9.17, 15) is 22.8 Å². The normalized spacial score (nSPS) is 12.7. The molecule has 0 aromatic carbocycles. The summed E-state index contributed by atoms with van der Waals surface area (Å²) in [5.74, 6) is -2.58. The van der Waals surface area contributed by atoms with Crippen LogP contribution in [0.25, 0.3) is 0 Å². The van der Waals surface area contributed by atoms with Gasteiger partial charge >= 0.3 is 18.2 Å². The molecule has 0 radical (unpaired) electrons. The molecule has 8 nitrogen and oxygen atoms in total. The molecule has 24 heavy (non-hydrogen) atoms. The van der Waals surface area contributed by atoms with Crippen LogP contribution in [0.5, 0.6) is 0 Å². The Bertz CT molecular complexity index is 591. The molecular formula is C13H18F3N5O3. The Hall–Kier alpha value is -2.59. The van der Waals surface area contributed by atoms with Gasteiger partial charge in [-0.2, -0.15) is 18.3 Å². The lowest BCUT2D eigenvalue weighted by Crippen LogP contribution is -2.44. The minimum atomic E-state index is -5.05. The number of nitrogens with zero attached hydrogens (tertiary/aromatic N) is 3. The van der Waals surface area contributed by atoms with E-state index in [1.54, 1.807) is 26.1 Å². The number of hydrogen-bond acceptors (Lipinski definition) is 5. The van der Waals surface area contributed by atoms with Crippen LogP contribution in [0.3, 0.4) is 0 Å². The number of alkyl carbamates (subject to hydrolysis) is 1. The molecule has 0 unspecified atom stereocenters. The summed E-state index contributed by atoms with van der Waals surface area (Å²) in [7, 11) is 0. The predicted octanol–water partition coefficient (Wildman–Crippen LogP) is 1.29. The minimum absolute atomic E-state index is 0.00156. The van der Waals surface area contributed by atoms with Crippen molar-refractivity contribution in [1.82, 2.24) is 20.4 Å². The fraction of sp³-hybridized carbons (Fsp3) is 0.538. The molecule has 0 spiro atoms. The third-order valence-corrected chi connectivity index (χ3v) is 2.25. The molecular weight excluding hydrogens is 331 g/mol. The molecule has 0 atom stereocenters. The molecule has 0 aliphatic carbocycles. The Morgan fingerprint density at radius 1 is 1.29 bits per heavy atom. The van der Waals surface area contributed by atoms with E-state index < -0.39 is 29.7 Å². The summed E-state index contributed by atoms with van der Waals surface area (Å²) in [4.78, 5) is 26.2. The first-order chi connectivity index (χ1) is 11.0. The predicted molar refractivity (Wildman–Crippen MR) is 78.4 cm³/mol. The maximum atomic E-state index is 12.3. The van der Waals surface area contributed by atoms with E-state index in [-0.39, 0.29) is 13.1 Å². The average molecular weight is 349 g/mol. The molecule has 0 aliphatic heterocycles. The summed E-state index contributed by atoms with van der Waals surface area (Å²) < 4.78 is 43.0. The molecule has 11 heteroatoms. The largest absolute Gasteiger partial charge is 0.471 e. The minimum Gasteiger partial charge on any atom is -0.444 e. The highest BCUT2D eigenvalue weighted by molar-refractivity contribution is 5.99. The number of carbonyl (C=O) groups excluding carboxylic acids is 2. The highest BCUT2D eigenvalue weighted by Gasteiger charge is 2.39. The lowest BCUT2D eigenvalue weighted by molar-refractivity contribution is -0.171. The topological polar surface area (TPSA) is 97.6 Å². The molecule has 1 heterocycles. The second-order valence-electron chi connectivity index (χ2n) is 5.54. The highest BCUT2D eigenvalue weighted by atomic mass is 19.4. The lowest BCUT2D eigenvalue weighted by Gasteiger charge is -2.19. The van der Waals surface area contributed by atoms with Crippen LogP contribution in [-0.2, 0) is 9.53 Å². The number of ether oxygens (including phenoxy) is 1. The Morgan fingerprint density at radius 2 is 1.96 bits per heavy atom. The second-order valence-corrected chi connectivity index (χ2v) is 5.54. The standard InChI is InChI=1S/C13H18F3N5O3/c1-12(2,3)24-11(23)18-7-6-17-10(21-8-4-5-19-21)20-9(22)13(14,15)16/h4-5,8H,6-7H2,1-3H3,(H,18,23)(H,17,20,22). The van der Waals surface area contributed by atoms with E-state index in [4.69, 9.17) is 4.74 Å². The van der Waals surface area contributed by atoms with E-state index in [1.807, 2.05) is 0 Å². The Morgan fingerprint density at radius 3 is 2.46 bits per heavy atom. The lowest BCUT2D eigenvalue weighted by atomic mass is 10.2. The van der Waals surface area contributed by atoms with Crippen LogP contribution in [0.4, 0.5) is 18.0 Å². The molecule has 1 aromatic heterocycles. The van der Waals surface area contributed by atoms with Crippen molar-refractivity contribution in [2.75, 3.05) is 13.1 Å². The van der Waals surface area contributed by atoms with Gasteiger partial charge in [-0.1, -0.05) is 0 Å². The summed E-state index contributed by atoms with van der Waals surface area (Å²) in [5.41, 5.74) is -0.672. The van der Waals surface area contributed by atoms with Crippen molar-refractivity contribution < 1.29 is 27.5 Å². The zero-order chi connectivity index (χ0) is 18.4. The summed E-state index contributed by atoms with van der Waals surface area (Å²) in [6.07, 6.45) is -3.11. The summed E-state index contributed by atoms with van der Waals surface area (Å²) in [6, 6.07) is 1.45. The van der Waals surface area contributed by atoms with Gasteiger partial charge in [0, 0.05) is 18.9 Å². The van der Waals surface area contributed by atoms with E-state index in [0.717, 1.165) is 4.68 Å². The molecule has 0 bridgehead atoms. The average Bonchev–Trinajstić information content (AvgIpc) is 2.92. The van der Waals surface area contributed by atoms with E-state index in [1.165, 1.54) is 18.5 Å². The Kier molecular flexibility index (Phi) is 6.32. The maximum Gasteiger partial charge on any atom is 0.471 e. The first kappa shape index (κ1) is 19.5. The number of carbonyl (C=O) groups is 2. The monoisotopic (exact) mass is 349 g/mol. The van der Waals surface area contributed by atoms with Gasteiger partial charge in [-0.05, 0) is 26.8 Å². The summed E-state index contributed by atoms with van der Waals surface area (Å²) in [5, 5.41) is 7.72. The maximum absolute atomic E-state index is 12.3. The van der Waals surface area contributed by atoms with Gasteiger partial charge in [0.05, 0.1) is 6.54 Å². The van der Waals surface area contributed by atoms with Crippen LogP contribution in [0.2, 0.25) is 0 Å². The number of nitrogens with one attached hydrogen (secondary N) is 2. The fourth-order valence-electron chi connectivity index (χ4n) is 1.37. The Balaban J connectivity index is 2.63. The first-order valence-electron chi connectivity index (χ1n) is 6.88. The molecule has 0 saturated heterocycles. The van der Waals surface area contributed by atoms with Crippen LogP contribution in [0.15, 0.2) is 23.5 Å². The van der Waals surface area contributed by atoms with Crippen LogP contribution in [-0.4, -0.2) is 52.6 Å². The molecule has 0 aliphatic rings. The fourth-order valence-corrected chi connectivity index (χ4v) is 1.37. The van der Waals surface area contributed by atoms with Gasteiger partial charge in [0.2, 0.25) is 5.96 Å². The smallest absolute Gasteiger partial charge is 0.444 e. The van der Waals surface area contributed by atoms with Gasteiger partial charge in [0.25, 0.3) is 0 Å². The summed E-state index contributed by atoms with van der Waals surface area (Å²) in [6.45, 7) is 4.97. The molecule has 1 rings (SSSR count). The zero-order valence-corrected chi connectivity index (χ0v) is 13.3. The number of aromatic nitrogens is 2. The number of amides is 2. The van der Waals surface area contributed by atoms with Gasteiger partial charge in [0.1, 0.15) is 5.60 Å². The van der Waals surface area contributed by atoms with Gasteiger partial charge in [-0.25, -0.2) is 14.5 Å². The number of alkyl halides is 3. The number of rotatable bonds is 3. The van der Waals surface area contributed by atoms with Crippen LogP contribution in [0.1, 0.15) is 20.8 Å². The van der Waals surface area contributed by atoms with Gasteiger partial charge in [-0.3, -0.25) is 10.1 Å². The zero-order valence-electron chi connectivity index (χ0n) is 13.3. The molecule has 0 saturated carbocycles. The Labute approximate surface area is 136 Å².